The second-order valence-corrected chi connectivity index (χ2v) is 6.84. The zero-order valence-electron chi connectivity index (χ0n) is 13.8. The van der Waals surface area contributed by atoms with Gasteiger partial charge >= 0.3 is 5.97 Å². The monoisotopic (exact) mass is 395 g/mol. The van der Waals surface area contributed by atoms with Gasteiger partial charge in [0.1, 0.15) is 4.83 Å². The van der Waals surface area contributed by atoms with Crippen molar-refractivity contribution in [3.8, 4) is 0 Å². The van der Waals surface area contributed by atoms with Crippen molar-refractivity contribution < 1.29 is 19.1 Å². The van der Waals surface area contributed by atoms with E-state index in [4.69, 9.17) is 4.74 Å². The maximum atomic E-state index is 12.2. The van der Waals surface area contributed by atoms with E-state index in [-0.39, 0.29) is 22.6 Å². The summed E-state index contributed by atoms with van der Waals surface area (Å²) >= 11 is 3.33. The lowest BCUT2D eigenvalue weighted by Crippen LogP contribution is -2.30. The summed E-state index contributed by atoms with van der Waals surface area (Å²) in [7, 11) is 0. The third-order valence-electron chi connectivity index (χ3n) is 4.01. The minimum absolute atomic E-state index is 0.196. The molecule has 0 aliphatic carbocycles. The molecule has 0 aromatic heterocycles. The number of amides is 2. The first-order valence-electron chi connectivity index (χ1n) is 8.32. The lowest BCUT2D eigenvalue weighted by Gasteiger charge is -2.13. The SMILES string of the molecule is CCOC(=O)C(Br)CCCCCCN1C(=O)c2ccccc2C1=O. The fourth-order valence-electron chi connectivity index (χ4n) is 2.74. The van der Waals surface area contributed by atoms with Crippen LogP contribution in [0.15, 0.2) is 24.3 Å². The van der Waals surface area contributed by atoms with Gasteiger partial charge in [0.25, 0.3) is 11.8 Å². The average Bonchev–Trinajstić information content (AvgIpc) is 2.83. The minimum atomic E-state index is -0.256. The van der Waals surface area contributed by atoms with Crippen molar-refractivity contribution in [3.05, 3.63) is 35.4 Å². The molecule has 1 heterocycles. The number of esters is 1. The Morgan fingerprint density at radius 3 is 2.25 bits per heavy atom. The standard InChI is InChI=1S/C18H22BrNO4/c1-2-24-18(23)15(19)11-5-3-4-8-12-20-16(21)13-9-6-7-10-14(13)17(20)22/h6-7,9-10,15H,2-5,8,11-12H2,1H3. The highest BCUT2D eigenvalue weighted by Gasteiger charge is 2.34. The first-order valence-corrected chi connectivity index (χ1v) is 9.23. The van der Waals surface area contributed by atoms with Gasteiger partial charge in [0.05, 0.1) is 17.7 Å². The van der Waals surface area contributed by atoms with Crippen molar-refractivity contribution in [1.82, 2.24) is 4.90 Å². The first-order chi connectivity index (χ1) is 11.6. The van der Waals surface area contributed by atoms with Crippen molar-refractivity contribution in [3.63, 3.8) is 0 Å². The molecule has 0 saturated carbocycles. The fourth-order valence-corrected chi connectivity index (χ4v) is 3.20. The molecule has 24 heavy (non-hydrogen) atoms. The van der Waals surface area contributed by atoms with Crippen LogP contribution in [0.5, 0.6) is 0 Å². The van der Waals surface area contributed by atoms with E-state index in [0.717, 1.165) is 32.1 Å². The lowest BCUT2D eigenvalue weighted by molar-refractivity contribution is -0.142. The summed E-state index contributed by atoms with van der Waals surface area (Å²) in [6.45, 7) is 2.63. The molecule has 0 fully saturated rings. The van der Waals surface area contributed by atoms with Gasteiger partial charge in [-0.1, -0.05) is 47.3 Å². The molecule has 130 valence electrons. The molecule has 1 unspecified atom stereocenters. The van der Waals surface area contributed by atoms with Gasteiger partial charge in [0.2, 0.25) is 0 Å². The summed E-state index contributed by atoms with van der Waals surface area (Å²) in [5.41, 5.74) is 0.998. The molecule has 1 aliphatic rings. The Kier molecular flexibility index (Phi) is 6.97. The molecule has 0 N–H and O–H groups in total. The van der Waals surface area contributed by atoms with Gasteiger partial charge in [-0.05, 0) is 31.9 Å². The van der Waals surface area contributed by atoms with E-state index in [2.05, 4.69) is 15.9 Å². The number of rotatable bonds is 9. The van der Waals surface area contributed by atoms with Gasteiger partial charge in [-0.3, -0.25) is 19.3 Å². The summed E-state index contributed by atoms with van der Waals surface area (Å²) in [6, 6.07) is 6.93. The second kappa shape index (κ2) is 8.97. The van der Waals surface area contributed by atoms with E-state index in [9.17, 15) is 14.4 Å². The van der Waals surface area contributed by atoms with Crippen LogP contribution in [-0.4, -0.2) is 40.7 Å². The molecule has 0 saturated heterocycles. The number of fused-ring (bicyclic) bond motifs is 1. The number of unbranched alkanes of at least 4 members (excludes halogenated alkanes) is 3. The zero-order chi connectivity index (χ0) is 17.5. The number of benzene rings is 1. The topological polar surface area (TPSA) is 63.7 Å². The van der Waals surface area contributed by atoms with Crippen LogP contribution in [0.1, 0.15) is 59.7 Å². The van der Waals surface area contributed by atoms with Crippen LogP contribution in [0.3, 0.4) is 0 Å². The Balaban J connectivity index is 1.66. The average molecular weight is 396 g/mol. The van der Waals surface area contributed by atoms with Gasteiger partial charge in [-0.2, -0.15) is 0 Å². The number of alkyl halides is 1. The van der Waals surface area contributed by atoms with Crippen molar-refractivity contribution in [2.45, 2.75) is 43.9 Å². The summed E-state index contributed by atoms with van der Waals surface area (Å²) < 4.78 is 4.94. The van der Waals surface area contributed by atoms with Crippen LogP contribution < -0.4 is 0 Å². The van der Waals surface area contributed by atoms with E-state index in [1.807, 2.05) is 0 Å². The molecule has 2 amide bonds. The molecular weight excluding hydrogens is 374 g/mol. The number of carbonyl (C=O) groups excluding carboxylic acids is 3. The molecule has 6 heteroatoms. The quantitative estimate of drug-likeness (QED) is 0.277. The van der Waals surface area contributed by atoms with Gasteiger partial charge < -0.3 is 4.74 Å². The summed E-state index contributed by atoms with van der Waals surface area (Å²) in [6.07, 6.45) is 4.27. The Morgan fingerprint density at radius 1 is 1.08 bits per heavy atom. The summed E-state index contributed by atoms with van der Waals surface area (Å²) in [5, 5.41) is 0. The molecule has 5 nitrogen and oxygen atoms in total. The predicted octanol–water partition coefficient (Wildman–Crippen LogP) is 3.56. The highest BCUT2D eigenvalue weighted by Crippen LogP contribution is 2.23. The third-order valence-corrected chi connectivity index (χ3v) is 4.84. The Bertz CT molecular complexity index is 582. The van der Waals surface area contributed by atoms with E-state index in [0.29, 0.717) is 24.3 Å². The van der Waals surface area contributed by atoms with Gasteiger partial charge in [-0.25, -0.2) is 0 Å². The van der Waals surface area contributed by atoms with E-state index >= 15 is 0 Å². The van der Waals surface area contributed by atoms with Crippen LogP contribution in [0.2, 0.25) is 0 Å². The van der Waals surface area contributed by atoms with Crippen LogP contribution in [0, 0.1) is 0 Å². The Labute approximate surface area is 150 Å². The zero-order valence-corrected chi connectivity index (χ0v) is 15.4. The van der Waals surface area contributed by atoms with E-state index in [1.54, 1.807) is 31.2 Å². The van der Waals surface area contributed by atoms with Gasteiger partial charge in [-0.15, -0.1) is 0 Å². The molecular formula is C18H22BrNO4. The summed E-state index contributed by atoms with van der Waals surface area (Å²) in [5.74, 6) is -0.611. The highest BCUT2D eigenvalue weighted by atomic mass is 79.9. The van der Waals surface area contributed by atoms with Crippen LogP contribution in [0.4, 0.5) is 0 Å². The highest BCUT2D eigenvalue weighted by molar-refractivity contribution is 9.10. The fraction of sp³-hybridized carbons (Fsp3) is 0.500. The number of halogens is 1. The predicted molar refractivity (Wildman–Crippen MR) is 94.2 cm³/mol. The molecule has 0 radical (unpaired) electrons. The first kappa shape index (κ1) is 18.6. The number of ether oxygens (including phenoxy) is 1. The van der Waals surface area contributed by atoms with E-state index < -0.39 is 0 Å². The molecule has 1 atom stereocenters. The Morgan fingerprint density at radius 2 is 1.67 bits per heavy atom. The van der Waals surface area contributed by atoms with Crippen LogP contribution >= 0.6 is 15.9 Å². The van der Waals surface area contributed by atoms with Crippen molar-refractivity contribution in [1.29, 1.82) is 0 Å². The van der Waals surface area contributed by atoms with Gasteiger partial charge in [0.15, 0.2) is 0 Å². The van der Waals surface area contributed by atoms with Crippen LogP contribution in [0.25, 0.3) is 0 Å². The minimum Gasteiger partial charge on any atom is -0.465 e. The number of hydrogen-bond donors (Lipinski definition) is 0. The van der Waals surface area contributed by atoms with E-state index in [1.165, 1.54) is 4.90 Å². The number of nitrogens with zero attached hydrogens (tertiary/aromatic N) is 1. The van der Waals surface area contributed by atoms with Crippen molar-refractivity contribution in [2.75, 3.05) is 13.2 Å². The normalized spacial score (nSPS) is 14.7. The summed E-state index contributed by atoms with van der Waals surface area (Å²) in [4.78, 5) is 36.9. The molecule has 1 aromatic carbocycles. The number of imide groups is 1. The molecule has 1 aromatic rings. The van der Waals surface area contributed by atoms with Gasteiger partial charge in [0, 0.05) is 6.54 Å². The second-order valence-electron chi connectivity index (χ2n) is 5.73. The molecule has 2 rings (SSSR count). The van der Waals surface area contributed by atoms with Crippen molar-refractivity contribution >= 4 is 33.7 Å². The Hall–Kier alpha value is -1.69. The number of carbonyl (C=O) groups is 3. The number of hydrogen-bond acceptors (Lipinski definition) is 4. The smallest absolute Gasteiger partial charge is 0.319 e. The molecule has 1 aliphatic heterocycles. The van der Waals surface area contributed by atoms with Crippen molar-refractivity contribution in [2.24, 2.45) is 0 Å². The lowest BCUT2D eigenvalue weighted by atomic mass is 10.1. The maximum absolute atomic E-state index is 12.2. The largest absolute Gasteiger partial charge is 0.465 e. The molecule has 0 bridgehead atoms. The maximum Gasteiger partial charge on any atom is 0.319 e. The van der Waals surface area contributed by atoms with Crippen LogP contribution in [-0.2, 0) is 9.53 Å². The molecule has 0 spiro atoms. The third kappa shape index (κ3) is 4.44.